The van der Waals surface area contributed by atoms with Gasteiger partial charge in [0.15, 0.2) is 11.5 Å². The molecule has 0 saturated heterocycles. The molecule has 4 rings (SSSR count). The van der Waals surface area contributed by atoms with Gasteiger partial charge in [-0.2, -0.15) is 0 Å². The summed E-state index contributed by atoms with van der Waals surface area (Å²) in [5.41, 5.74) is 4.66. The highest BCUT2D eigenvalue weighted by Crippen LogP contribution is 2.36. The predicted octanol–water partition coefficient (Wildman–Crippen LogP) is 3.37. The van der Waals surface area contributed by atoms with Gasteiger partial charge >= 0.3 is 0 Å². The fourth-order valence-corrected chi connectivity index (χ4v) is 3.19. The number of aromatic amines is 1. The number of rotatable bonds is 3. The summed E-state index contributed by atoms with van der Waals surface area (Å²) in [5, 5.41) is 0. The third-order valence-corrected chi connectivity index (χ3v) is 4.26. The molecular formula is C18H18N2O2. The maximum atomic E-state index is 5.96. The number of H-pyrrole nitrogens is 1. The van der Waals surface area contributed by atoms with Crippen LogP contribution in [-0.2, 0) is 12.8 Å². The first-order valence-electron chi connectivity index (χ1n) is 7.54. The molecule has 112 valence electrons. The third kappa shape index (κ3) is 2.30. The molecule has 1 unspecified atom stereocenters. The Morgan fingerprint density at radius 3 is 3.18 bits per heavy atom. The molecule has 1 atom stereocenters. The van der Waals surface area contributed by atoms with E-state index in [4.69, 9.17) is 9.47 Å². The van der Waals surface area contributed by atoms with E-state index in [0.29, 0.717) is 5.92 Å². The zero-order chi connectivity index (χ0) is 14.9. The van der Waals surface area contributed by atoms with Crippen LogP contribution in [0, 0.1) is 5.92 Å². The van der Waals surface area contributed by atoms with Gasteiger partial charge in [-0.05, 0) is 42.2 Å². The summed E-state index contributed by atoms with van der Waals surface area (Å²) in [7, 11) is 1.69. The number of methoxy groups -OCH3 is 1. The van der Waals surface area contributed by atoms with Crippen LogP contribution in [0.25, 0.3) is 11.0 Å². The highest BCUT2D eigenvalue weighted by Gasteiger charge is 2.22. The van der Waals surface area contributed by atoms with Crippen LogP contribution in [0.1, 0.15) is 11.1 Å². The summed E-state index contributed by atoms with van der Waals surface area (Å²) < 4.78 is 11.3. The molecule has 0 amide bonds. The van der Waals surface area contributed by atoms with Crippen LogP contribution in [0.4, 0.5) is 0 Å². The van der Waals surface area contributed by atoms with E-state index in [2.05, 4.69) is 34.2 Å². The molecule has 1 N–H and O–H groups in total. The van der Waals surface area contributed by atoms with Crippen molar-refractivity contribution in [1.29, 1.82) is 0 Å². The molecule has 22 heavy (non-hydrogen) atoms. The molecule has 1 aliphatic heterocycles. The van der Waals surface area contributed by atoms with E-state index in [1.807, 2.05) is 12.1 Å². The number of nitrogens with one attached hydrogen (secondary N) is 1. The van der Waals surface area contributed by atoms with Crippen LogP contribution in [-0.4, -0.2) is 23.7 Å². The van der Waals surface area contributed by atoms with E-state index >= 15 is 0 Å². The Bertz CT molecular complexity index is 810. The van der Waals surface area contributed by atoms with Gasteiger partial charge in [-0.15, -0.1) is 0 Å². The Balaban J connectivity index is 1.54. The van der Waals surface area contributed by atoms with Crippen LogP contribution >= 0.6 is 0 Å². The monoisotopic (exact) mass is 294 g/mol. The number of para-hydroxylation sites is 1. The van der Waals surface area contributed by atoms with Gasteiger partial charge in [0, 0.05) is 5.92 Å². The summed E-state index contributed by atoms with van der Waals surface area (Å²) in [6.45, 7) is 0.731. The van der Waals surface area contributed by atoms with E-state index in [-0.39, 0.29) is 0 Å². The lowest BCUT2D eigenvalue weighted by molar-refractivity contribution is 0.211. The lowest BCUT2D eigenvalue weighted by atomic mass is 9.90. The van der Waals surface area contributed by atoms with Crippen molar-refractivity contribution >= 4 is 11.0 Å². The molecule has 0 radical (unpaired) electrons. The quantitative estimate of drug-likeness (QED) is 0.805. The SMILES string of the molecule is COc1cccc2c1OCC(Cc1ccc3nc[nH]c3c1)C2. The molecule has 0 aliphatic carbocycles. The van der Waals surface area contributed by atoms with Crippen LogP contribution in [0.3, 0.4) is 0 Å². The maximum Gasteiger partial charge on any atom is 0.164 e. The second-order valence-corrected chi connectivity index (χ2v) is 5.79. The number of nitrogens with zero attached hydrogens (tertiary/aromatic N) is 1. The first-order chi connectivity index (χ1) is 10.8. The molecule has 4 heteroatoms. The van der Waals surface area contributed by atoms with Crippen LogP contribution in [0.15, 0.2) is 42.7 Å². The summed E-state index contributed by atoms with van der Waals surface area (Å²) in [6.07, 6.45) is 3.76. The largest absolute Gasteiger partial charge is 0.493 e. The topological polar surface area (TPSA) is 47.1 Å². The summed E-state index contributed by atoms with van der Waals surface area (Å²) >= 11 is 0. The number of benzene rings is 2. The zero-order valence-corrected chi connectivity index (χ0v) is 12.5. The van der Waals surface area contributed by atoms with Gasteiger partial charge in [-0.1, -0.05) is 18.2 Å². The molecule has 1 aromatic heterocycles. The molecule has 1 aliphatic rings. The minimum atomic E-state index is 0.486. The van der Waals surface area contributed by atoms with Crippen molar-refractivity contribution in [2.24, 2.45) is 5.92 Å². The summed E-state index contributed by atoms with van der Waals surface area (Å²) in [5.74, 6) is 2.22. The number of aromatic nitrogens is 2. The molecule has 0 bridgehead atoms. The normalized spacial score (nSPS) is 17.0. The van der Waals surface area contributed by atoms with Gasteiger partial charge < -0.3 is 14.5 Å². The van der Waals surface area contributed by atoms with E-state index in [1.165, 1.54) is 11.1 Å². The zero-order valence-electron chi connectivity index (χ0n) is 12.5. The standard InChI is InChI=1S/C18H18N2O2/c1-21-17-4-2-3-14-8-13(10-22-18(14)17)7-12-5-6-15-16(9-12)20-11-19-15/h2-6,9,11,13H,7-8,10H2,1H3,(H,19,20). The fraction of sp³-hybridized carbons (Fsp3) is 0.278. The van der Waals surface area contributed by atoms with Gasteiger partial charge in [-0.3, -0.25) is 0 Å². The Kier molecular flexibility index (Phi) is 3.22. The van der Waals surface area contributed by atoms with Crippen molar-refractivity contribution in [3.8, 4) is 11.5 Å². The van der Waals surface area contributed by atoms with Gasteiger partial charge in [0.05, 0.1) is 31.1 Å². The number of hydrogen-bond donors (Lipinski definition) is 1. The number of hydrogen-bond acceptors (Lipinski definition) is 3. The fourth-order valence-electron chi connectivity index (χ4n) is 3.19. The molecule has 0 fully saturated rings. The van der Waals surface area contributed by atoms with Crippen LogP contribution < -0.4 is 9.47 Å². The molecule has 4 nitrogen and oxygen atoms in total. The van der Waals surface area contributed by atoms with E-state index in [0.717, 1.165) is 42.0 Å². The number of imidazole rings is 1. The molecule has 3 aromatic rings. The average Bonchev–Trinajstić information content (AvgIpc) is 3.01. The highest BCUT2D eigenvalue weighted by molar-refractivity contribution is 5.75. The van der Waals surface area contributed by atoms with Crippen LogP contribution in [0.5, 0.6) is 11.5 Å². The molecule has 2 aromatic carbocycles. The third-order valence-electron chi connectivity index (χ3n) is 4.26. The Hall–Kier alpha value is -2.49. The number of ether oxygens (including phenoxy) is 2. The van der Waals surface area contributed by atoms with Gasteiger partial charge in [0.25, 0.3) is 0 Å². The maximum absolute atomic E-state index is 5.96. The second kappa shape index (κ2) is 5.37. The van der Waals surface area contributed by atoms with Gasteiger partial charge in [-0.25, -0.2) is 4.98 Å². The van der Waals surface area contributed by atoms with Gasteiger partial charge in [0.1, 0.15) is 0 Å². The van der Waals surface area contributed by atoms with Crippen molar-refractivity contribution in [1.82, 2.24) is 9.97 Å². The Labute approximate surface area is 129 Å². The van der Waals surface area contributed by atoms with Crippen molar-refractivity contribution in [2.45, 2.75) is 12.8 Å². The second-order valence-electron chi connectivity index (χ2n) is 5.79. The lowest BCUT2D eigenvalue weighted by Crippen LogP contribution is -2.23. The smallest absolute Gasteiger partial charge is 0.164 e. The molecule has 0 spiro atoms. The van der Waals surface area contributed by atoms with Crippen molar-refractivity contribution in [2.75, 3.05) is 13.7 Å². The van der Waals surface area contributed by atoms with Crippen molar-refractivity contribution < 1.29 is 9.47 Å². The Morgan fingerprint density at radius 2 is 2.27 bits per heavy atom. The lowest BCUT2D eigenvalue weighted by Gasteiger charge is -2.26. The first kappa shape index (κ1) is 13.2. The number of fused-ring (bicyclic) bond motifs is 2. The predicted molar refractivity (Wildman–Crippen MR) is 85.5 cm³/mol. The molecular weight excluding hydrogens is 276 g/mol. The van der Waals surface area contributed by atoms with Crippen molar-refractivity contribution in [3.63, 3.8) is 0 Å². The Morgan fingerprint density at radius 1 is 1.32 bits per heavy atom. The molecule has 0 saturated carbocycles. The van der Waals surface area contributed by atoms with Crippen LogP contribution in [0.2, 0.25) is 0 Å². The average molecular weight is 294 g/mol. The van der Waals surface area contributed by atoms with E-state index in [1.54, 1.807) is 13.4 Å². The van der Waals surface area contributed by atoms with Crippen molar-refractivity contribution in [3.05, 3.63) is 53.9 Å². The highest BCUT2D eigenvalue weighted by atomic mass is 16.5. The summed E-state index contributed by atoms with van der Waals surface area (Å²) in [6, 6.07) is 12.5. The molecule has 2 heterocycles. The van der Waals surface area contributed by atoms with Gasteiger partial charge in [0.2, 0.25) is 0 Å². The van der Waals surface area contributed by atoms with E-state index in [9.17, 15) is 0 Å². The summed E-state index contributed by atoms with van der Waals surface area (Å²) in [4.78, 5) is 7.43. The van der Waals surface area contributed by atoms with E-state index < -0.39 is 0 Å². The minimum absolute atomic E-state index is 0.486. The minimum Gasteiger partial charge on any atom is -0.493 e. The first-order valence-corrected chi connectivity index (χ1v) is 7.54.